The molecule has 0 saturated heterocycles. The number of nitrogens with one attached hydrogen (secondary N) is 3. The Balaban J connectivity index is 1.34. The van der Waals surface area contributed by atoms with Crippen LogP contribution in [0.25, 0.3) is 22.0 Å². The van der Waals surface area contributed by atoms with Crippen molar-refractivity contribution in [3.63, 3.8) is 0 Å². The van der Waals surface area contributed by atoms with Crippen LogP contribution >= 0.6 is 0 Å². The van der Waals surface area contributed by atoms with Crippen LogP contribution in [0.15, 0.2) is 66.7 Å². The molecule has 0 fully saturated rings. The van der Waals surface area contributed by atoms with E-state index >= 15 is 0 Å². The van der Waals surface area contributed by atoms with Crippen LogP contribution in [-0.2, 0) is 13.0 Å². The van der Waals surface area contributed by atoms with Gasteiger partial charge in [0, 0.05) is 40.8 Å². The van der Waals surface area contributed by atoms with Gasteiger partial charge >= 0.3 is 0 Å². The van der Waals surface area contributed by atoms with E-state index in [1.165, 1.54) is 34.1 Å². The monoisotopic (exact) mass is 421 g/mol. The Hall–Kier alpha value is -3.37. The highest BCUT2D eigenvalue weighted by Gasteiger charge is 2.26. The number of carbonyl (C=O) groups excluding carboxylic acids is 1. The van der Waals surface area contributed by atoms with E-state index in [0.29, 0.717) is 18.6 Å². The third kappa shape index (κ3) is 3.23. The Morgan fingerprint density at radius 3 is 2.69 bits per heavy atom. The number of hydrogen-bond donors (Lipinski definition) is 3. The minimum Gasteiger partial charge on any atom is -0.357 e. The van der Waals surface area contributed by atoms with Crippen LogP contribution in [-0.4, -0.2) is 10.9 Å². The third-order valence-electron chi connectivity index (χ3n) is 7.09. The Bertz CT molecular complexity index is 1320. The Morgan fingerprint density at radius 1 is 1.00 bits per heavy atom. The lowest BCUT2D eigenvalue weighted by molar-refractivity contribution is 0.0966. The van der Waals surface area contributed by atoms with E-state index in [4.69, 9.17) is 0 Å². The van der Waals surface area contributed by atoms with E-state index in [9.17, 15) is 4.79 Å². The maximum Gasteiger partial charge on any atom is 0.251 e. The third-order valence-corrected chi connectivity index (χ3v) is 7.09. The number of amides is 1. The van der Waals surface area contributed by atoms with Gasteiger partial charge in [0.05, 0.1) is 0 Å². The van der Waals surface area contributed by atoms with Crippen molar-refractivity contribution < 1.29 is 4.79 Å². The molecule has 3 aromatic carbocycles. The largest absolute Gasteiger partial charge is 0.357 e. The molecule has 1 aliphatic heterocycles. The maximum atomic E-state index is 12.1. The SMILES string of the molecule is CC(NC1CCCc2c1[nH]c1cc(-c3ccc4c(c3)C(=O)NC4)ccc21)c1ccccc1. The van der Waals surface area contributed by atoms with Gasteiger partial charge in [0.25, 0.3) is 5.91 Å². The molecule has 0 radical (unpaired) electrons. The lowest BCUT2D eigenvalue weighted by atomic mass is 9.90. The van der Waals surface area contributed by atoms with Gasteiger partial charge in [0.15, 0.2) is 0 Å². The fourth-order valence-corrected chi connectivity index (χ4v) is 5.35. The van der Waals surface area contributed by atoms with Gasteiger partial charge in [0.2, 0.25) is 0 Å². The average Bonchev–Trinajstić information content (AvgIpc) is 3.40. The molecule has 2 aliphatic rings. The molecule has 1 aromatic heterocycles. The lowest BCUT2D eigenvalue weighted by Gasteiger charge is -2.27. The number of aromatic amines is 1. The number of benzene rings is 3. The second-order valence-corrected chi connectivity index (χ2v) is 9.08. The Kier molecular flexibility index (Phi) is 4.62. The smallest absolute Gasteiger partial charge is 0.251 e. The fraction of sp³-hybridized carbons (Fsp3) is 0.250. The number of aromatic nitrogens is 1. The van der Waals surface area contributed by atoms with Crippen LogP contribution in [0.4, 0.5) is 0 Å². The second kappa shape index (κ2) is 7.64. The number of rotatable bonds is 4. The van der Waals surface area contributed by atoms with Crippen molar-refractivity contribution in [1.82, 2.24) is 15.6 Å². The zero-order valence-electron chi connectivity index (χ0n) is 18.2. The summed E-state index contributed by atoms with van der Waals surface area (Å²) in [5, 5.41) is 8.08. The molecule has 0 saturated carbocycles. The van der Waals surface area contributed by atoms with Crippen molar-refractivity contribution in [3.05, 3.63) is 94.7 Å². The van der Waals surface area contributed by atoms with Gasteiger partial charge in [-0.3, -0.25) is 4.79 Å². The van der Waals surface area contributed by atoms with Crippen LogP contribution in [0.1, 0.15) is 64.6 Å². The molecular formula is C28H27N3O. The first kappa shape index (κ1) is 19.3. The van der Waals surface area contributed by atoms with Crippen LogP contribution in [0.3, 0.4) is 0 Å². The van der Waals surface area contributed by atoms with Gasteiger partial charge in [-0.1, -0.05) is 54.6 Å². The highest BCUT2D eigenvalue weighted by molar-refractivity contribution is 5.99. The summed E-state index contributed by atoms with van der Waals surface area (Å²) in [4.78, 5) is 15.8. The molecule has 160 valence electrons. The molecule has 4 aromatic rings. The summed E-state index contributed by atoms with van der Waals surface area (Å²) in [5.74, 6) is 0.0275. The van der Waals surface area contributed by atoms with E-state index in [1.807, 2.05) is 6.07 Å². The van der Waals surface area contributed by atoms with Crippen molar-refractivity contribution in [2.75, 3.05) is 0 Å². The van der Waals surface area contributed by atoms with Crippen molar-refractivity contribution in [3.8, 4) is 11.1 Å². The van der Waals surface area contributed by atoms with E-state index in [2.05, 4.69) is 83.2 Å². The van der Waals surface area contributed by atoms with Gasteiger partial charge in [-0.05, 0) is 66.1 Å². The molecule has 2 atom stereocenters. The maximum absolute atomic E-state index is 12.1. The minimum absolute atomic E-state index is 0.0275. The minimum atomic E-state index is 0.0275. The first-order valence-electron chi connectivity index (χ1n) is 11.5. The standard InChI is InChI=1S/C28H27N3O/c1-17(18-6-3-2-4-7-18)30-25-9-5-8-23-22-13-12-20(15-26(22)31-27(23)25)19-10-11-21-16-29-28(32)24(21)14-19/h2-4,6-7,10-15,17,25,30-31H,5,8-9,16H2,1H3,(H,29,32). The molecule has 3 N–H and O–H groups in total. The summed E-state index contributed by atoms with van der Waals surface area (Å²) >= 11 is 0. The summed E-state index contributed by atoms with van der Waals surface area (Å²) in [6.07, 6.45) is 3.45. The lowest BCUT2D eigenvalue weighted by Crippen LogP contribution is -2.27. The molecular weight excluding hydrogens is 394 g/mol. The molecule has 32 heavy (non-hydrogen) atoms. The predicted octanol–water partition coefficient (Wildman–Crippen LogP) is 5.81. The number of H-pyrrole nitrogens is 1. The first-order valence-corrected chi connectivity index (χ1v) is 11.5. The van der Waals surface area contributed by atoms with Crippen LogP contribution in [0.2, 0.25) is 0 Å². The molecule has 2 heterocycles. The van der Waals surface area contributed by atoms with Gasteiger partial charge in [-0.25, -0.2) is 0 Å². The summed E-state index contributed by atoms with van der Waals surface area (Å²) in [5.41, 5.74) is 9.38. The van der Waals surface area contributed by atoms with Crippen LogP contribution in [0.5, 0.6) is 0 Å². The van der Waals surface area contributed by atoms with E-state index in [0.717, 1.165) is 35.1 Å². The molecule has 4 heteroatoms. The van der Waals surface area contributed by atoms with Crippen molar-refractivity contribution in [1.29, 1.82) is 0 Å². The quantitative estimate of drug-likeness (QED) is 0.390. The van der Waals surface area contributed by atoms with E-state index < -0.39 is 0 Å². The van der Waals surface area contributed by atoms with Gasteiger partial charge in [-0.2, -0.15) is 0 Å². The average molecular weight is 422 g/mol. The van der Waals surface area contributed by atoms with Gasteiger partial charge in [-0.15, -0.1) is 0 Å². The Labute approximate surface area is 188 Å². The van der Waals surface area contributed by atoms with E-state index in [-0.39, 0.29) is 5.91 Å². The molecule has 4 nitrogen and oxygen atoms in total. The van der Waals surface area contributed by atoms with Crippen molar-refractivity contribution >= 4 is 16.8 Å². The molecule has 1 amide bonds. The topological polar surface area (TPSA) is 56.9 Å². The zero-order valence-corrected chi connectivity index (χ0v) is 18.2. The van der Waals surface area contributed by atoms with Crippen LogP contribution < -0.4 is 10.6 Å². The molecule has 6 rings (SSSR count). The highest BCUT2D eigenvalue weighted by Crippen LogP contribution is 2.37. The fourth-order valence-electron chi connectivity index (χ4n) is 5.35. The number of aryl methyl sites for hydroxylation is 1. The number of fused-ring (bicyclic) bond motifs is 4. The van der Waals surface area contributed by atoms with E-state index in [1.54, 1.807) is 0 Å². The summed E-state index contributed by atoms with van der Waals surface area (Å²) in [6, 6.07) is 24.2. The summed E-state index contributed by atoms with van der Waals surface area (Å²) in [7, 11) is 0. The molecule has 1 aliphatic carbocycles. The Morgan fingerprint density at radius 2 is 1.81 bits per heavy atom. The van der Waals surface area contributed by atoms with Crippen molar-refractivity contribution in [2.24, 2.45) is 0 Å². The first-order chi connectivity index (χ1) is 15.7. The second-order valence-electron chi connectivity index (χ2n) is 9.08. The number of hydrogen-bond acceptors (Lipinski definition) is 2. The van der Waals surface area contributed by atoms with Gasteiger partial charge < -0.3 is 15.6 Å². The molecule has 0 bridgehead atoms. The molecule has 0 spiro atoms. The molecule has 2 unspecified atom stereocenters. The zero-order chi connectivity index (χ0) is 21.7. The normalized spacial score (nSPS) is 18.3. The van der Waals surface area contributed by atoms with Crippen molar-refractivity contribution in [2.45, 2.75) is 44.8 Å². The summed E-state index contributed by atoms with van der Waals surface area (Å²) < 4.78 is 0. The highest BCUT2D eigenvalue weighted by atomic mass is 16.1. The van der Waals surface area contributed by atoms with Gasteiger partial charge in [0.1, 0.15) is 0 Å². The summed E-state index contributed by atoms with van der Waals surface area (Å²) in [6.45, 7) is 2.88. The number of carbonyl (C=O) groups is 1. The van der Waals surface area contributed by atoms with Crippen LogP contribution in [0, 0.1) is 0 Å². The predicted molar refractivity (Wildman–Crippen MR) is 129 cm³/mol.